The molecule has 0 spiro atoms. The van der Waals surface area contributed by atoms with Crippen molar-refractivity contribution in [2.75, 3.05) is 0 Å². The Morgan fingerprint density at radius 2 is 1.83 bits per heavy atom. The first-order chi connectivity index (χ1) is 14.0. The molecule has 6 nitrogen and oxygen atoms in total. The van der Waals surface area contributed by atoms with Crippen molar-refractivity contribution in [1.29, 1.82) is 5.26 Å². The first kappa shape index (κ1) is 18.7. The van der Waals surface area contributed by atoms with E-state index < -0.39 is 0 Å². The third-order valence-corrected chi connectivity index (χ3v) is 4.54. The van der Waals surface area contributed by atoms with Gasteiger partial charge in [0.1, 0.15) is 11.1 Å². The molecule has 2 heterocycles. The largest absolute Gasteiger partial charge is 0.438 e. The zero-order chi connectivity index (χ0) is 20.4. The summed E-state index contributed by atoms with van der Waals surface area (Å²) in [6.07, 6.45) is 5.03. The van der Waals surface area contributed by atoms with E-state index in [-0.39, 0.29) is 5.28 Å². The maximum absolute atomic E-state index is 8.73. The van der Waals surface area contributed by atoms with Crippen molar-refractivity contribution >= 4 is 28.7 Å². The molecule has 2 aromatic carbocycles. The Balaban J connectivity index is 1.78. The number of allylic oxidation sites excluding steroid dienone is 1. The second-order valence-electron chi connectivity index (χ2n) is 6.49. The van der Waals surface area contributed by atoms with Gasteiger partial charge in [-0.1, -0.05) is 18.2 Å². The Labute approximate surface area is 172 Å². The van der Waals surface area contributed by atoms with Crippen molar-refractivity contribution in [2.45, 2.75) is 13.8 Å². The lowest BCUT2D eigenvalue weighted by Crippen LogP contribution is -1.96. The van der Waals surface area contributed by atoms with Crippen LogP contribution in [0.3, 0.4) is 0 Å². The number of hydrogen-bond donors (Lipinski definition) is 0. The number of hydrogen-bond acceptors (Lipinski definition) is 5. The standard InChI is InChI=1S/C22H16ClN5O/c1-14-11-16(7-6-10-24)12-15(2)19(14)29-21-18-13-28(17-8-4-3-5-9-17)27-20(18)25-22(23)26-21/h3-9,11-13H,1-2H3/b7-6+. The molecule has 0 atom stereocenters. The Kier molecular flexibility index (Phi) is 4.98. The summed E-state index contributed by atoms with van der Waals surface area (Å²) in [6.45, 7) is 3.89. The Morgan fingerprint density at radius 1 is 1.10 bits per heavy atom. The average molecular weight is 402 g/mol. The molecule has 0 aliphatic carbocycles. The number of fused-ring (bicyclic) bond motifs is 1. The third kappa shape index (κ3) is 3.82. The Bertz CT molecular complexity index is 1250. The van der Waals surface area contributed by atoms with Gasteiger partial charge in [-0.15, -0.1) is 5.10 Å². The fourth-order valence-electron chi connectivity index (χ4n) is 3.12. The zero-order valence-corrected chi connectivity index (χ0v) is 16.6. The summed E-state index contributed by atoms with van der Waals surface area (Å²) in [6, 6.07) is 15.6. The van der Waals surface area contributed by atoms with Gasteiger partial charge in [-0.2, -0.15) is 15.2 Å². The molecule has 4 rings (SSSR count). The van der Waals surface area contributed by atoms with Crippen molar-refractivity contribution in [3.63, 3.8) is 0 Å². The molecule has 2 aromatic heterocycles. The van der Waals surface area contributed by atoms with Gasteiger partial charge in [0.25, 0.3) is 0 Å². The smallest absolute Gasteiger partial charge is 0.234 e. The van der Waals surface area contributed by atoms with Crippen LogP contribution in [0.25, 0.3) is 22.8 Å². The van der Waals surface area contributed by atoms with Crippen LogP contribution in [0.1, 0.15) is 16.7 Å². The number of aryl methyl sites for hydroxylation is 2. The number of nitriles is 1. The van der Waals surface area contributed by atoms with E-state index in [1.807, 2.05) is 68.6 Å². The first-order valence-electron chi connectivity index (χ1n) is 8.89. The molecule has 0 fully saturated rings. The Hall–Kier alpha value is -3.69. The van der Waals surface area contributed by atoms with Crippen molar-refractivity contribution in [3.8, 4) is 23.4 Å². The van der Waals surface area contributed by atoms with Crippen molar-refractivity contribution < 1.29 is 4.74 Å². The van der Waals surface area contributed by atoms with Gasteiger partial charge >= 0.3 is 0 Å². The van der Waals surface area contributed by atoms with E-state index in [2.05, 4.69) is 15.1 Å². The van der Waals surface area contributed by atoms with Crippen LogP contribution >= 0.6 is 11.6 Å². The minimum absolute atomic E-state index is 0.0645. The molecule has 0 unspecified atom stereocenters. The van der Waals surface area contributed by atoms with Gasteiger partial charge < -0.3 is 4.74 Å². The highest BCUT2D eigenvalue weighted by Gasteiger charge is 2.16. The van der Waals surface area contributed by atoms with Crippen molar-refractivity contribution in [1.82, 2.24) is 19.7 Å². The average Bonchev–Trinajstić information content (AvgIpc) is 3.14. The van der Waals surface area contributed by atoms with Gasteiger partial charge in [0.15, 0.2) is 5.65 Å². The molecule has 0 amide bonds. The lowest BCUT2D eigenvalue weighted by atomic mass is 10.1. The fraction of sp³-hybridized carbons (Fsp3) is 0.0909. The number of nitrogens with zero attached hydrogens (tertiary/aromatic N) is 5. The SMILES string of the molecule is Cc1cc(/C=C/C#N)cc(C)c1Oc1nc(Cl)nc2nn(-c3ccccc3)cc12. The maximum atomic E-state index is 8.73. The minimum atomic E-state index is 0.0645. The lowest BCUT2D eigenvalue weighted by molar-refractivity contribution is 0.461. The second kappa shape index (κ2) is 7.74. The zero-order valence-electron chi connectivity index (χ0n) is 15.8. The maximum Gasteiger partial charge on any atom is 0.234 e. The number of rotatable bonds is 4. The van der Waals surface area contributed by atoms with Gasteiger partial charge in [-0.25, -0.2) is 4.68 Å². The topological polar surface area (TPSA) is 76.6 Å². The molecular formula is C22H16ClN5O. The Morgan fingerprint density at radius 3 is 2.52 bits per heavy atom. The quantitative estimate of drug-likeness (QED) is 0.337. The van der Waals surface area contributed by atoms with Crippen LogP contribution in [0, 0.1) is 25.2 Å². The summed E-state index contributed by atoms with van der Waals surface area (Å²) in [5.74, 6) is 1.02. The third-order valence-electron chi connectivity index (χ3n) is 4.37. The summed E-state index contributed by atoms with van der Waals surface area (Å²) in [5.41, 5.74) is 4.11. The normalized spacial score (nSPS) is 11.1. The molecule has 0 saturated heterocycles. The molecule has 0 aliphatic heterocycles. The molecule has 4 aromatic rings. The van der Waals surface area contributed by atoms with Crippen LogP contribution in [0.15, 0.2) is 54.7 Å². The van der Waals surface area contributed by atoms with Crippen LogP contribution in [0.5, 0.6) is 11.6 Å². The number of aromatic nitrogens is 4. The van der Waals surface area contributed by atoms with Crippen LogP contribution in [-0.4, -0.2) is 19.7 Å². The molecule has 0 N–H and O–H groups in total. The van der Waals surface area contributed by atoms with Crippen molar-refractivity contribution in [2.24, 2.45) is 0 Å². The van der Waals surface area contributed by atoms with E-state index in [0.29, 0.717) is 22.7 Å². The fourth-order valence-corrected chi connectivity index (χ4v) is 3.27. The molecule has 142 valence electrons. The van der Waals surface area contributed by atoms with Crippen LogP contribution in [-0.2, 0) is 0 Å². The van der Waals surface area contributed by atoms with Gasteiger partial charge in [-0.05, 0) is 72.5 Å². The number of halogens is 1. The van der Waals surface area contributed by atoms with Crippen LogP contribution < -0.4 is 4.74 Å². The summed E-state index contributed by atoms with van der Waals surface area (Å²) in [5, 5.41) is 14.0. The van der Waals surface area contributed by atoms with E-state index in [1.54, 1.807) is 10.8 Å². The van der Waals surface area contributed by atoms with Crippen LogP contribution in [0.4, 0.5) is 0 Å². The predicted octanol–water partition coefficient (Wildman–Crippen LogP) is 5.41. The van der Waals surface area contributed by atoms with Gasteiger partial charge in [0, 0.05) is 12.3 Å². The molecule has 7 heteroatoms. The second-order valence-corrected chi connectivity index (χ2v) is 6.83. The van der Waals surface area contributed by atoms with E-state index in [4.69, 9.17) is 21.6 Å². The molecule has 0 radical (unpaired) electrons. The minimum Gasteiger partial charge on any atom is -0.438 e. The lowest BCUT2D eigenvalue weighted by Gasteiger charge is -2.12. The molecule has 0 saturated carbocycles. The first-order valence-corrected chi connectivity index (χ1v) is 9.26. The van der Waals surface area contributed by atoms with Gasteiger partial charge in [0.05, 0.1) is 11.8 Å². The predicted molar refractivity (Wildman–Crippen MR) is 112 cm³/mol. The molecular weight excluding hydrogens is 386 g/mol. The van der Waals surface area contributed by atoms with E-state index in [1.165, 1.54) is 6.08 Å². The van der Waals surface area contributed by atoms with Gasteiger partial charge in [-0.3, -0.25) is 0 Å². The monoisotopic (exact) mass is 401 g/mol. The number of benzene rings is 2. The molecule has 29 heavy (non-hydrogen) atoms. The highest BCUT2D eigenvalue weighted by molar-refractivity contribution is 6.28. The summed E-state index contributed by atoms with van der Waals surface area (Å²) >= 11 is 6.12. The van der Waals surface area contributed by atoms with Crippen LogP contribution in [0.2, 0.25) is 5.28 Å². The van der Waals surface area contributed by atoms with E-state index >= 15 is 0 Å². The summed E-state index contributed by atoms with van der Waals surface area (Å²) < 4.78 is 7.88. The number of ether oxygens (including phenoxy) is 1. The highest BCUT2D eigenvalue weighted by atomic mass is 35.5. The highest BCUT2D eigenvalue weighted by Crippen LogP contribution is 2.33. The number of para-hydroxylation sites is 1. The van der Waals surface area contributed by atoms with Gasteiger partial charge in [0.2, 0.25) is 11.2 Å². The van der Waals surface area contributed by atoms with E-state index in [0.717, 1.165) is 22.4 Å². The molecule has 0 aliphatic rings. The molecule has 0 bridgehead atoms. The van der Waals surface area contributed by atoms with Crippen molar-refractivity contribution in [3.05, 3.63) is 76.7 Å². The summed E-state index contributed by atoms with van der Waals surface area (Å²) in [7, 11) is 0. The summed E-state index contributed by atoms with van der Waals surface area (Å²) in [4.78, 5) is 8.50. The van der Waals surface area contributed by atoms with E-state index in [9.17, 15) is 0 Å².